The van der Waals surface area contributed by atoms with Crippen LogP contribution in [0.5, 0.6) is 0 Å². The fourth-order valence-corrected chi connectivity index (χ4v) is 6.25. The van der Waals surface area contributed by atoms with Gasteiger partial charge in [0.05, 0.1) is 12.1 Å². The number of rotatable bonds is 2. The summed E-state index contributed by atoms with van der Waals surface area (Å²) in [6, 6.07) is 4.26. The molecule has 1 N–H and O–H groups in total. The van der Waals surface area contributed by atoms with Gasteiger partial charge < -0.3 is 5.11 Å². The van der Waals surface area contributed by atoms with Gasteiger partial charge >= 0.3 is 0 Å². The highest BCUT2D eigenvalue weighted by Gasteiger charge is 2.38. The highest BCUT2D eigenvalue weighted by atomic mass is 16.3. The van der Waals surface area contributed by atoms with Crippen molar-refractivity contribution in [3.05, 3.63) is 11.1 Å². The molecule has 4 nitrogen and oxygen atoms in total. The molecular weight excluding hydrogens is 444 g/mol. The smallest absolute Gasteiger partial charge is 0.151 e. The third kappa shape index (κ3) is 11.2. The molecule has 36 heavy (non-hydrogen) atoms. The second-order valence-corrected chi connectivity index (χ2v) is 14.3. The van der Waals surface area contributed by atoms with Crippen LogP contribution in [-0.2, 0) is 4.79 Å². The molecule has 0 aromatic heterocycles. The Kier molecular flexibility index (Phi) is 11.9. The van der Waals surface area contributed by atoms with Crippen molar-refractivity contribution in [1.82, 2.24) is 0 Å². The van der Waals surface area contributed by atoms with Crippen LogP contribution in [0, 0.1) is 50.7 Å². The average Bonchev–Trinajstić information content (AvgIpc) is 2.77. The van der Waals surface area contributed by atoms with Crippen LogP contribution in [0.2, 0.25) is 0 Å². The quantitative estimate of drug-likeness (QED) is 0.305. The van der Waals surface area contributed by atoms with Gasteiger partial charge in [0, 0.05) is 17.4 Å². The zero-order chi connectivity index (χ0) is 27.8. The summed E-state index contributed by atoms with van der Waals surface area (Å²) in [7, 11) is 0. The van der Waals surface area contributed by atoms with Gasteiger partial charge in [-0.2, -0.15) is 10.5 Å². The van der Waals surface area contributed by atoms with Crippen molar-refractivity contribution in [2.24, 2.45) is 28.1 Å². The van der Waals surface area contributed by atoms with Gasteiger partial charge in [0.25, 0.3) is 0 Å². The Hall–Kier alpha value is -1.65. The van der Waals surface area contributed by atoms with Gasteiger partial charge in [0.15, 0.2) is 5.60 Å². The number of ketones is 1. The molecule has 0 saturated heterocycles. The van der Waals surface area contributed by atoms with Crippen LogP contribution in [0.25, 0.3) is 0 Å². The van der Waals surface area contributed by atoms with E-state index in [0.29, 0.717) is 27.9 Å². The Balaban J connectivity index is 0.000000271. The third-order valence-electron chi connectivity index (χ3n) is 8.73. The number of nitrogens with zero attached hydrogens (tertiary/aromatic N) is 2. The summed E-state index contributed by atoms with van der Waals surface area (Å²) >= 11 is 0. The zero-order valence-electron chi connectivity index (χ0n) is 24.9. The predicted molar refractivity (Wildman–Crippen MR) is 149 cm³/mol. The summed E-state index contributed by atoms with van der Waals surface area (Å²) in [6.45, 7) is 18.8. The largest absolute Gasteiger partial charge is 0.375 e. The molecule has 0 radical (unpaired) electrons. The van der Waals surface area contributed by atoms with Gasteiger partial charge in [0.2, 0.25) is 0 Å². The van der Waals surface area contributed by atoms with Crippen LogP contribution in [0.1, 0.15) is 139 Å². The van der Waals surface area contributed by atoms with Crippen molar-refractivity contribution in [2.45, 2.75) is 145 Å². The number of allylic oxidation sites excluding steroid dienone is 2. The van der Waals surface area contributed by atoms with Crippen molar-refractivity contribution in [3.8, 4) is 12.1 Å². The first-order valence-corrected chi connectivity index (χ1v) is 14.2. The lowest BCUT2D eigenvalue weighted by Crippen LogP contribution is -2.38. The third-order valence-corrected chi connectivity index (χ3v) is 8.73. The fourth-order valence-electron chi connectivity index (χ4n) is 6.25. The minimum Gasteiger partial charge on any atom is -0.375 e. The van der Waals surface area contributed by atoms with Crippen LogP contribution < -0.4 is 0 Å². The van der Waals surface area contributed by atoms with E-state index in [1.807, 2.05) is 13.0 Å². The van der Waals surface area contributed by atoms with E-state index in [4.69, 9.17) is 10.5 Å². The average molecular weight is 499 g/mol. The molecule has 0 aliphatic heterocycles. The summed E-state index contributed by atoms with van der Waals surface area (Å²) in [5.74, 6) is 0.901. The number of carbonyl (C=O) groups excluding carboxylic acids is 1. The van der Waals surface area contributed by atoms with Crippen molar-refractivity contribution < 1.29 is 9.90 Å². The van der Waals surface area contributed by atoms with Crippen molar-refractivity contribution >= 4 is 5.78 Å². The van der Waals surface area contributed by atoms with E-state index in [9.17, 15) is 9.90 Å². The number of aliphatic hydroxyl groups is 1. The predicted octanol–water partition coefficient (Wildman–Crippen LogP) is 8.70. The SMILES string of the molecule is CC(=O)C1CCCC(C)(C)C1.CC(C#N)=C1CCCC(C)(C)C1.CC1(C)CCCC(C(C)(O)C#N)C1. The number of Topliss-reactive ketones (excluding diaryl/α,β-unsaturated/α-hetero) is 1. The molecule has 4 heteroatoms. The van der Waals surface area contributed by atoms with Gasteiger partial charge in [-0.25, -0.2) is 0 Å². The first-order chi connectivity index (χ1) is 16.4. The van der Waals surface area contributed by atoms with E-state index in [-0.39, 0.29) is 5.92 Å². The lowest BCUT2D eigenvalue weighted by Gasteiger charge is -2.39. The summed E-state index contributed by atoms with van der Waals surface area (Å²) in [5.41, 5.74) is 2.33. The molecule has 0 amide bonds. The van der Waals surface area contributed by atoms with Crippen molar-refractivity contribution in [1.29, 1.82) is 10.5 Å². The van der Waals surface area contributed by atoms with E-state index < -0.39 is 5.60 Å². The lowest BCUT2D eigenvalue weighted by atomic mass is 9.67. The van der Waals surface area contributed by atoms with Crippen LogP contribution in [-0.4, -0.2) is 16.5 Å². The van der Waals surface area contributed by atoms with Gasteiger partial charge in [-0.3, -0.25) is 4.79 Å². The number of carbonyl (C=O) groups is 1. The summed E-state index contributed by atoms with van der Waals surface area (Å²) in [6.07, 6.45) is 13.9. The first kappa shape index (κ1) is 32.4. The van der Waals surface area contributed by atoms with Crippen LogP contribution in [0.3, 0.4) is 0 Å². The molecule has 3 aliphatic rings. The molecule has 3 unspecified atom stereocenters. The highest BCUT2D eigenvalue weighted by molar-refractivity contribution is 5.78. The Morgan fingerprint density at radius 1 is 0.889 bits per heavy atom. The van der Waals surface area contributed by atoms with Crippen molar-refractivity contribution in [3.63, 3.8) is 0 Å². The van der Waals surface area contributed by atoms with Crippen LogP contribution in [0.4, 0.5) is 0 Å². The molecule has 0 aromatic carbocycles. The van der Waals surface area contributed by atoms with Gasteiger partial charge in [-0.05, 0) is 101 Å². The minimum atomic E-state index is -1.13. The van der Waals surface area contributed by atoms with Crippen LogP contribution >= 0.6 is 0 Å². The zero-order valence-corrected chi connectivity index (χ0v) is 24.9. The molecule has 3 atom stereocenters. The standard InChI is InChI=1S/C11H19NO.C11H17N.C10H18O/c1-10(2)6-4-5-9(7-10)11(3,13)8-12;1-9(8-12)10-5-4-6-11(2,3)7-10;1-8(11)9-5-4-6-10(2,3)7-9/h9,13H,4-7H2,1-3H3;4-7H2,1-3H3;9H,4-7H2,1-3H3. The Morgan fingerprint density at radius 2 is 1.42 bits per heavy atom. The summed E-state index contributed by atoms with van der Waals surface area (Å²) in [4.78, 5) is 11.1. The van der Waals surface area contributed by atoms with E-state index in [1.54, 1.807) is 13.8 Å². The molecule has 204 valence electrons. The monoisotopic (exact) mass is 498 g/mol. The Bertz CT molecular complexity index is 848. The first-order valence-electron chi connectivity index (χ1n) is 14.2. The highest BCUT2D eigenvalue weighted by Crippen LogP contribution is 2.43. The van der Waals surface area contributed by atoms with E-state index in [1.165, 1.54) is 37.7 Å². The molecule has 3 rings (SSSR count). The number of hydrogen-bond donors (Lipinski definition) is 1. The maximum absolute atomic E-state index is 11.1. The normalized spacial score (nSPS) is 29.3. The van der Waals surface area contributed by atoms with E-state index in [0.717, 1.165) is 50.5 Å². The molecular formula is C32H54N2O2. The molecule has 3 aliphatic carbocycles. The molecule has 3 fully saturated rings. The Labute approximate surface area is 222 Å². The fraction of sp³-hybridized carbons (Fsp3) is 0.844. The molecule has 3 saturated carbocycles. The second-order valence-electron chi connectivity index (χ2n) is 14.3. The maximum Gasteiger partial charge on any atom is 0.151 e. The van der Waals surface area contributed by atoms with Gasteiger partial charge in [0.1, 0.15) is 5.78 Å². The molecule has 0 spiro atoms. The topological polar surface area (TPSA) is 84.9 Å². The summed E-state index contributed by atoms with van der Waals surface area (Å²) in [5, 5.41) is 27.4. The molecule has 0 heterocycles. The molecule has 0 bridgehead atoms. The minimum absolute atomic E-state index is 0.154. The Morgan fingerprint density at radius 3 is 1.83 bits per heavy atom. The maximum atomic E-state index is 11.1. The second kappa shape index (κ2) is 13.2. The van der Waals surface area contributed by atoms with Gasteiger partial charge in [-0.15, -0.1) is 0 Å². The number of hydrogen-bond acceptors (Lipinski definition) is 4. The van der Waals surface area contributed by atoms with Crippen LogP contribution in [0.15, 0.2) is 11.1 Å². The van der Waals surface area contributed by atoms with E-state index in [2.05, 4.69) is 47.6 Å². The van der Waals surface area contributed by atoms with Gasteiger partial charge in [-0.1, -0.05) is 60.0 Å². The van der Waals surface area contributed by atoms with Crippen molar-refractivity contribution in [2.75, 3.05) is 0 Å². The number of nitriles is 2. The van der Waals surface area contributed by atoms with E-state index >= 15 is 0 Å². The lowest BCUT2D eigenvalue weighted by molar-refractivity contribution is -0.122. The molecule has 0 aromatic rings. The summed E-state index contributed by atoms with van der Waals surface area (Å²) < 4.78 is 0.